The van der Waals surface area contributed by atoms with Gasteiger partial charge in [-0.15, -0.1) is 0 Å². The number of likely N-dealkylation sites (tertiary alicyclic amines) is 1. The summed E-state index contributed by atoms with van der Waals surface area (Å²) in [6, 6.07) is 7.82. The van der Waals surface area contributed by atoms with Gasteiger partial charge in [0, 0.05) is 32.3 Å². The molecule has 0 spiro atoms. The van der Waals surface area contributed by atoms with E-state index in [1.54, 1.807) is 12.4 Å². The Kier molecular flexibility index (Phi) is 5.60. The van der Waals surface area contributed by atoms with E-state index in [0.29, 0.717) is 12.4 Å². The second-order valence-corrected chi connectivity index (χ2v) is 6.31. The molecule has 1 amide bonds. The van der Waals surface area contributed by atoms with Gasteiger partial charge in [-0.1, -0.05) is 12.1 Å². The zero-order valence-electron chi connectivity index (χ0n) is 14.6. The van der Waals surface area contributed by atoms with E-state index in [1.165, 1.54) is 7.11 Å². The fourth-order valence-corrected chi connectivity index (χ4v) is 3.07. The van der Waals surface area contributed by atoms with Crippen LogP contribution in [0, 0.1) is 6.92 Å². The first-order chi connectivity index (χ1) is 12.2. The van der Waals surface area contributed by atoms with Gasteiger partial charge in [-0.3, -0.25) is 9.78 Å². The van der Waals surface area contributed by atoms with Gasteiger partial charge in [0.2, 0.25) is 11.8 Å². The highest BCUT2D eigenvalue weighted by Crippen LogP contribution is 2.27. The normalized spacial score (nSPS) is 17.4. The third kappa shape index (κ3) is 4.54. The molecule has 0 radical (unpaired) electrons. The van der Waals surface area contributed by atoms with Gasteiger partial charge in [-0.25, -0.2) is 4.98 Å². The maximum absolute atomic E-state index is 12.1. The van der Waals surface area contributed by atoms with Crippen LogP contribution in [0.5, 0.6) is 11.6 Å². The maximum atomic E-state index is 12.1. The number of amides is 1. The van der Waals surface area contributed by atoms with Gasteiger partial charge in [-0.2, -0.15) is 0 Å². The second-order valence-electron chi connectivity index (χ2n) is 6.31. The van der Waals surface area contributed by atoms with Gasteiger partial charge in [0.1, 0.15) is 12.4 Å². The molecule has 0 N–H and O–H groups in total. The molecule has 1 saturated heterocycles. The van der Waals surface area contributed by atoms with Gasteiger partial charge in [0.05, 0.1) is 11.9 Å². The van der Waals surface area contributed by atoms with Crippen LogP contribution in [0.3, 0.4) is 0 Å². The third-order valence-electron chi connectivity index (χ3n) is 4.30. The molecule has 6 nitrogen and oxygen atoms in total. The van der Waals surface area contributed by atoms with Gasteiger partial charge in [0.25, 0.3) is 0 Å². The number of methoxy groups -OCH3 is 1. The lowest BCUT2D eigenvalue weighted by Gasteiger charge is -2.32. The summed E-state index contributed by atoms with van der Waals surface area (Å²) in [5.41, 5.74) is 1.99. The van der Waals surface area contributed by atoms with Crippen LogP contribution in [0.4, 0.5) is 0 Å². The van der Waals surface area contributed by atoms with Gasteiger partial charge in [-0.05, 0) is 37.5 Å². The highest BCUT2D eigenvalue weighted by molar-refractivity contribution is 5.77. The molecule has 1 aromatic carbocycles. The first-order valence-corrected chi connectivity index (χ1v) is 8.49. The minimum atomic E-state index is 0.0207. The van der Waals surface area contributed by atoms with Crippen molar-refractivity contribution in [1.82, 2.24) is 14.9 Å². The molecule has 3 rings (SSSR count). The molecule has 1 atom stereocenters. The van der Waals surface area contributed by atoms with Crippen LogP contribution in [-0.4, -0.2) is 47.6 Å². The summed E-state index contributed by atoms with van der Waals surface area (Å²) in [5, 5.41) is 0. The Labute approximate surface area is 147 Å². The Hall–Kier alpha value is -2.47. The molecule has 6 heteroatoms. The van der Waals surface area contributed by atoms with Crippen molar-refractivity contribution in [1.29, 1.82) is 0 Å². The number of hydrogen-bond acceptors (Lipinski definition) is 5. The van der Waals surface area contributed by atoms with Crippen molar-refractivity contribution in [2.75, 3.05) is 26.8 Å². The molecule has 0 bridgehead atoms. The molecule has 132 valence electrons. The number of benzene rings is 1. The van der Waals surface area contributed by atoms with Crippen molar-refractivity contribution in [2.24, 2.45) is 0 Å². The van der Waals surface area contributed by atoms with E-state index in [2.05, 4.69) is 9.97 Å². The summed E-state index contributed by atoms with van der Waals surface area (Å²) in [5.74, 6) is 1.41. The van der Waals surface area contributed by atoms with Gasteiger partial charge in [0.15, 0.2) is 0 Å². The topological polar surface area (TPSA) is 64.5 Å². The van der Waals surface area contributed by atoms with Crippen molar-refractivity contribution in [3.63, 3.8) is 0 Å². The van der Waals surface area contributed by atoms with Crippen molar-refractivity contribution in [3.8, 4) is 11.6 Å². The van der Waals surface area contributed by atoms with E-state index in [1.807, 2.05) is 36.1 Å². The molecule has 0 aliphatic carbocycles. The highest BCUT2D eigenvalue weighted by Gasteiger charge is 2.26. The largest absolute Gasteiger partial charge is 0.437 e. The Morgan fingerprint density at radius 3 is 3.04 bits per heavy atom. The monoisotopic (exact) mass is 341 g/mol. The van der Waals surface area contributed by atoms with Crippen molar-refractivity contribution < 1.29 is 14.3 Å². The van der Waals surface area contributed by atoms with Crippen LogP contribution in [-0.2, 0) is 9.53 Å². The van der Waals surface area contributed by atoms with Crippen molar-refractivity contribution >= 4 is 5.91 Å². The van der Waals surface area contributed by atoms with E-state index in [-0.39, 0.29) is 18.4 Å². The predicted octanol–water partition coefficient (Wildman–Crippen LogP) is 2.93. The Balaban J connectivity index is 1.71. The first kappa shape index (κ1) is 17.4. The zero-order chi connectivity index (χ0) is 17.6. The average Bonchev–Trinajstić information content (AvgIpc) is 2.62. The molecule has 25 heavy (non-hydrogen) atoms. The van der Waals surface area contributed by atoms with Crippen LogP contribution >= 0.6 is 0 Å². The Bertz CT molecular complexity index is 735. The van der Waals surface area contributed by atoms with Crippen LogP contribution in [0.2, 0.25) is 0 Å². The summed E-state index contributed by atoms with van der Waals surface area (Å²) >= 11 is 0. The molecule has 2 heterocycles. The van der Waals surface area contributed by atoms with E-state index >= 15 is 0 Å². The fraction of sp³-hybridized carbons (Fsp3) is 0.421. The fourth-order valence-electron chi connectivity index (χ4n) is 3.07. The lowest BCUT2D eigenvalue weighted by molar-refractivity contribution is -0.136. The number of ether oxygens (including phenoxy) is 2. The number of aryl methyl sites for hydroxylation is 1. The van der Waals surface area contributed by atoms with Crippen LogP contribution in [0.1, 0.15) is 30.0 Å². The van der Waals surface area contributed by atoms with E-state index < -0.39 is 0 Å². The number of piperidine rings is 1. The number of hydrogen-bond donors (Lipinski definition) is 0. The maximum Gasteiger partial charge on any atom is 0.248 e. The standard InChI is InChI=1S/C19H23N3O3/c1-14-5-3-7-16(9-14)25-18-11-20-10-17(21-18)15-6-4-8-22(12-15)19(23)13-24-2/h3,5,7,9-11,15H,4,6,8,12-13H2,1-2H3. The Morgan fingerprint density at radius 2 is 2.24 bits per heavy atom. The summed E-state index contributed by atoms with van der Waals surface area (Å²) in [4.78, 5) is 22.8. The molecule has 1 unspecified atom stereocenters. The molecule has 2 aromatic rings. The summed E-state index contributed by atoms with van der Waals surface area (Å²) in [7, 11) is 1.54. The van der Waals surface area contributed by atoms with Crippen LogP contribution in [0.25, 0.3) is 0 Å². The first-order valence-electron chi connectivity index (χ1n) is 8.49. The zero-order valence-corrected chi connectivity index (χ0v) is 14.6. The lowest BCUT2D eigenvalue weighted by Crippen LogP contribution is -2.41. The van der Waals surface area contributed by atoms with Crippen LogP contribution in [0.15, 0.2) is 36.7 Å². The van der Waals surface area contributed by atoms with E-state index in [0.717, 1.165) is 36.4 Å². The number of rotatable bonds is 5. The highest BCUT2D eigenvalue weighted by atomic mass is 16.5. The number of aromatic nitrogens is 2. The number of carbonyl (C=O) groups is 1. The van der Waals surface area contributed by atoms with Gasteiger partial charge < -0.3 is 14.4 Å². The molecule has 1 aromatic heterocycles. The molecular weight excluding hydrogens is 318 g/mol. The van der Waals surface area contributed by atoms with Crippen molar-refractivity contribution in [2.45, 2.75) is 25.7 Å². The summed E-state index contributed by atoms with van der Waals surface area (Å²) in [6.07, 6.45) is 5.31. The van der Waals surface area contributed by atoms with Gasteiger partial charge >= 0.3 is 0 Å². The second kappa shape index (κ2) is 8.07. The smallest absolute Gasteiger partial charge is 0.248 e. The third-order valence-corrected chi connectivity index (χ3v) is 4.30. The molecular formula is C19H23N3O3. The van der Waals surface area contributed by atoms with E-state index in [9.17, 15) is 4.79 Å². The quantitative estimate of drug-likeness (QED) is 0.837. The van der Waals surface area contributed by atoms with Crippen LogP contribution < -0.4 is 4.74 Å². The summed E-state index contributed by atoms with van der Waals surface area (Å²) < 4.78 is 10.8. The van der Waals surface area contributed by atoms with E-state index in [4.69, 9.17) is 9.47 Å². The average molecular weight is 341 g/mol. The number of nitrogens with zero attached hydrogens (tertiary/aromatic N) is 3. The minimum absolute atomic E-state index is 0.0207. The molecule has 1 aliphatic heterocycles. The Morgan fingerprint density at radius 1 is 1.36 bits per heavy atom. The lowest BCUT2D eigenvalue weighted by atomic mass is 9.95. The predicted molar refractivity (Wildman–Crippen MR) is 93.7 cm³/mol. The molecule has 0 saturated carbocycles. The molecule has 1 fully saturated rings. The number of carbonyl (C=O) groups excluding carboxylic acids is 1. The minimum Gasteiger partial charge on any atom is -0.437 e. The summed E-state index contributed by atoms with van der Waals surface area (Å²) in [6.45, 7) is 3.55. The van der Waals surface area contributed by atoms with Crippen molar-refractivity contribution in [3.05, 3.63) is 47.9 Å². The SMILES string of the molecule is COCC(=O)N1CCCC(c2cncc(Oc3cccc(C)c3)n2)C1. The molecule has 1 aliphatic rings.